The first-order valence-corrected chi connectivity index (χ1v) is 16.0. The standard InChI is InChI=1S/C35H39F3N6O2/c1-5-30(45)43-12-10-33(20-43)9-11-42(19-33)23(3)24-13-27-28(29(14-24)35(36,37)38)18-44(31(27)46)26-8-6-7-25(15-26)34(16-22(2)17-34)32-40-39-21-41(32)4/h5-8,13-15,21-23H,1,9-12,16-20H2,2-4H3/t22?,23-,33-,34?/m0/s1. The largest absolute Gasteiger partial charge is 0.416 e. The van der Waals surface area contributed by atoms with Gasteiger partial charge in [0.05, 0.1) is 17.5 Å². The Kier molecular flexibility index (Phi) is 7.19. The van der Waals surface area contributed by atoms with Gasteiger partial charge < -0.3 is 14.4 Å². The molecule has 2 saturated heterocycles. The summed E-state index contributed by atoms with van der Waals surface area (Å²) in [6.45, 7) is 10.2. The normalized spacial score (nSPS) is 26.9. The van der Waals surface area contributed by atoms with Gasteiger partial charge in [0.1, 0.15) is 12.2 Å². The second kappa shape index (κ2) is 10.8. The number of alkyl halides is 3. The van der Waals surface area contributed by atoms with E-state index in [4.69, 9.17) is 0 Å². The van der Waals surface area contributed by atoms with Gasteiger partial charge in [-0.05, 0) is 92.1 Å². The van der Waals surface area contributed by atoms with Crippen molar-refractivity contribution in [1.29, 1.82) is 0 Å². The van der Waals surface area contributed by atoms with Crippen molar-refractivity contribution in [2.24, 2.45) is 18.4 Å². The van der Waals surface area contributed by atoms with Crippen LogP contribution in [0, 0.1) is 11.3 Å². The quantitative estimate of drug-likeness (QED) is 0.318. The minimum atomic E-state index is -4.61. The molecule has 2 amide bonds. The number of fused-ring (bicyclic) bond motifs is 1. The molecule has 3 fully saturated rings. The lowest BCUT2D eigenvalue weighted by molar-refractivity contribution is -0.138. The van der Waals surface area contributed by atoms with Gasteiger partial charge in [0.2, 0.25) is 5.91 Å². The Morgan fingerprint density at radius 2 is 1.89 bits per heavy atom. The highest BCUT2D eigenvalue weighted by Gasteiger charge is 2.49. The summed E-state index contributed by atoms with van der Waals surface area (Å²) in [6.07, 6.45) is 1.87. The Labute approximate surface area is 266 Å². The lowest BCUT2D eigenvalue weighted by Gasteiger charge is -2.46. The summed E-state index contributed by atoms with van der Waals surface area (Å²) in [5, 5.41) is 8.51. The number of likely N-dealkylation sites (tertiary alicyclic amines) is 2. The second-order valence-electron chi connectivity index (χ2n) is 14.0. The number of benzene rings is 2. The third-order valence-electron chi connectivity index (χ3n) is 11.0. The van der Waals surface area contributed by atoms with Crippen molar-refractivity contribution in [2.45, 2.75) is 63.7 Å². The maximum atomic E-state index is 14.6. The zero-order chi connectivity index (χ0) is 32.6. The average Bonchev–Trinajstić information content (AvgIpc) is 3.81. The number of aryl methyl sites for hydroxylation is 1. The molecule has 7 rings (SSSR count). The fraction of sp³-hybridized carbons (Fsp3) is 0.486. The van der Waals surface area contributed by atoms with E-state index in [1.54, 1.807) is 23.4 Å². The number of anilines is 1. The van der Waals surface area contributed by atoms with Crippen molar-refractivity contribution in [1.82, 2.24) is 24.6 Å². The van der Waals surface area contributed by atoms with E-state index in [2.05, 4.69) is 28.6 Å². The van der Waals surface area contributed by atoms with Gasteiger partial charge in [0, 0.05) is 49.4 Å². The van der Waals surface area contributed by atoms with Crippen LogP contribution in [0.15, 0.2) is 55.4 Å². The average molecular weight is 633 g/mol. The molecule has 0 N–H and O–H groups in total. The number of hydrogen-bond donors (Lipinski definition) is 0. The second-order valence-corrected chi connectivity index (χ2v) is 14.0. The molecule has 1 saturated carbocycles. The van der Waals surface area contributed by atoms with Crippen LogP contribution in [0.4, 0.5) is 18.9 Å². The summed E-state index contributed by atoms with van der Waals surface area (Å²) in [4.78, 5) is 31.6. The molecule has 2 atom stereocenters. The Morgan fingerprint density at radius 3 is 2.57 bits per heavy atom. The number of rotatable bonds is 6. The molecule has 3 aliphatic heterocycles. The molecular formula is C35H39F3N6O2. The monoisotopic (exact) mass is 632 g/mol. The van der Waals surface area contributed by atoms with Gasteiger partial charge in [-0.25, -0.2) is 0 Å². The number of carbonyl (C=O) groups is 2. The van der Waals surface area contributed by atoms with Crippen LogP contribution in [0.3, 0.4) is 0 Å². The third kappa shape index (κ3) is 4.85. The zero-order valence-corrected chi connectivity index (χ0v) is 26.5. The Bertz CT molecular complexity index is 1730. The van der Waals surface area contributed by atoms with Gasteiger partial charge >= 0.3 is 6.18 Å². The van der Waals surface area contributed by atoms with Crippen LogP contribution in [0.5, 0.6) is 0 Å². The molecule has 1 aromatic heterocycles. The Balaban J connectivity index is 1.18. The molecule has 46 heavy (non-hydrogen) atoms. The van der Waals surface area contributed by atoms with Crippen LogP contribution < -0.4 is 4.90 Å². The predicted octanol–water partition coefficient (Wildman–Crippen LogP) is 5.88. The maximum absolute atomic E-state index is 14.6. The van der Waals surface area contributed by atoms with E-state index in [9.17, 15) is 22.8 Å². The molecule has 8 nitrogen and oxygen atoms in total. The number of nitrogens with zero attached hydrogens (tertiary/aromatic N) is 6. The maximum Gasteiger partial charge on any atom is 0.416 e. The molecule has 1 aliphatic carbocycles. The zero-order valence-electron chi connectivity index (χ0n) is 26.5. The first-order valence-electron chi connectivity index (χ1n) is 16.0. The highest BCUT2D eigenvalue weighted by atomic mass is 19.4. The molecule has 4 heterocycles. The van der Waals surface area contributed by atoms with E-state index in [-0.39, 0.29) is 40.5 Å². The lowest BCUT2D eigenvalue weighted by Crippen LogP contribution is -2.43. The first kappa shape index (κ1) is 30.7. The predicted molar refractivity (Wildman–Crippen MR) is 167 cm³/mol. The summed E-state index contributed by atoms with van der Waals surface area (Å²) in [5.74, 6) is 0.823. The van der Waals surface area contributed by atoms with Gasteiger partial charge in [-0.3, -0.25) is 14.5 Å². The van der Waals surface area contributed by atoms with E-state index >= 15 is 0 Å². The van der Waals surface area contributed by atoms with Gasteiger partial charge in [-0.15, -0.1) is 10.2 Å². The van der Waals surface area contributed by atoms with E-state index in [0.717, 1.165) is 37.1 Å². The van der Waals surface area contributed by atoms with E-state index < -0.39 is 17.6 Å². The SMILES string of the molecule is C=CC(=O)N1CC[C@]2(CCN([C@@H](C)c3cc4c(c(C(F)(F)F)c3)CN(c3cccc(C5(c6nncn6C)CC(C)C5)c3)C4=O)C2)C1. The molecule has 4 aliphatic rings. The molecule has 242 valence electrons. The molecule has 3 aromatic rings. The van der Waals surface area contributed by atoms with E-state index in [0.29, 0.717) is 43.3 Å². The fourth-order valence-electron chi connectivity index (χ4n) is 8.60. The van der Waals surface area contributed by atoms with Gasteiger partial charge in [-0.1, -0.05) is 25.6 Å². The summed E-state index contributed by atoms with van der Waals surface area (Å²) in [7, 11) is 1.91. The number of hydrogen-bond acceptors (Lipinski definition) is 5. The van der Waals surface area contributed by atoms with Crippen molar-refractivity contribution in [3.63, 3.8) is 0 Å². The molecule has 0 radical (unpaired) electrons. The topological polar surface area (TPSA) is 74.6 Å². The Morgan fingerprint density at radius 1 is 1.13 bits per heavy atom. The molecule has 2 aromatic carbocycles. The summed E-state index contributed by atoms with van der Waals surface area (Å²) >= 11 is 0. The van der Waals surface area contributed by atoms with Gasteiger partial charge in [-0.2, -0.15) is 13.2 Å². The van der Waals surface area contributed by atoms with Crippen LogP contribution in [-0.2, 0) is 30.0 Å². The fourth-order valence-corrected chi connectivity index (χ4v) is 8.60. The third-order valence-corrected chi connectivity index (χ3v) is 11.0. The van der Waals surface area contributed by atoms with Crippen LogP contribution >= 0.6 is 0 Å². The summed E-state index contributed by atoms with van der Waals surface area (Å²) in [5.41, 5.74) is 0.980. The lowest BCUT2D eigenvalue weighted by atomic mass is 9.58. The molecule has 0 unspecified atom stereocenters. The minimum Gasteiger partial charge on any atom is -0.339 e. The summed E-state index contributed by atoms with van der Waals surface area (Å²) in [6, 6.07) is 10.2. The van der Waals surface area contributed by atoms with Crippen molar-refractivity contribution in [2.75, 3.05) is 31.1 Å². The van der Waals surface area contributed by atoms with E-state index in [1.807, 2.05) is 36.7 Å². The number of aromatic nitrogens is 3. The number of carbonyl (C=O) groups excluding carboxylic acids is 2. The Hall–Kier alpha value is -3.99. The minimum absolute atomic E-state index is 0.0198. The van der Waals surface area contributed by atoms with Crippen LogP contribution in [0.2, 0.25) is 0 Å². The highest BCUT2D eigenvalue weighted by molar-refractivity contribution is 6.10. The van der Waals surface area contributed by atoms with Crippen LogP contribution in [0.25, 0.3) is 0 Å². The molecule has 11 heteroatoms. The summed E-state index contributed by atoms with van der Waals surface area (Å²) < 4.78 is 45.8. The van der Waals surface area contributed by atoms with Crippen molar-refractivity contribution >= 4 is 17.5 Å². The van der Waals surface area contributed by atoms with Crippen molar-refractivity contribution in [3.8, 4) is 0 Å². The first-order chi connectivity index (χ1) is 21.8. The molecular weight excluding hydrogens is 593 g/mol. The smallest absolute Gasteiger partial charge is 0.339 e. The van der Waals surface area contributed by atoms with Crippen molar-refractivity contribution in [3.05, 3.63) is 89.0 Å². The van der Waals surface area contributed by atoms with Crippen LogP contribution in [0.1, 0.15) is 84.0 Å². The molecule has 0 bridgehead atoms. The molecule has 1 spiro atoms. The highest BCUT2D eigenvalue weighted by Crippen LogP contribution is 2.52. The van der Waals surface area contributed by atoms with Crippen molar-refractivity contribution < 1.29 is 22.8 Å². The number of halogens is 3. The van der Waals surface area contributed by atoms with E-state index in [1.165, 1.54) is 17.0 Å². The van der Waals surface area contributed by atoms with Gasteiger partial charge in [0.25, 0.3) is 5.91 Å². The van der Waals surface area contributed by atoms with Crippen LogP contribution in [-0.4, -0.2) is 62.6 Å². The van der Waals surface area contributed by atoms with Gasteiger partial charge in [0.15, 0.2) is 0 Å². The number of amides is 2.